The van der Waals surface area contributed by atoms with Gasteiger partial charge in [0.1, 0.15) is 11.3 Å². The average molecular weight is 283 g/mol. The summed E-state index contributed by atoms with van der Waals surface area (Å²) in [4.78, 5) is 23.7. The van der Waals surface area contributed by atoms with Crippen LogP contribution in [0.2, 0.25) is 0 Å². The number of furan rings is 1. The maximum absolute atomic E-state index is 11.9. The number of carbonyl (C=O) groups excluding carboxylic acids is 1. The second-order valence-electron chi connectivity index (χ2n) is 4.63. The molecule has 21 heavy (non-hydrogen) atoms. The highest BCUT2D eigenvalue weighted by atomic mass is 16.4. The maximum atomic E-state index is 11.9. The van der Waals surface area contributed by atoms with Crippen molar-refractivity contribution in [2.75, 3.05) is 0 Å². The molecule has 0 saturated heterocycles. The molecule has 3 aromatic rings. The fraction of sp³-hybridized carbons (Fsp3) is 0.125. The Labute approximate surface area is 120 Å². The molecule has 5 heteroatoms. The summed E-state index contributed by atoms with van der Waals surface area (Å²) in [5, 5.41) is 3.49. The van der Waals surface area contributed by atoms with Crippen molar-refractivity contribution in [2.24, 2.45) is 0 Å². The highest BCUT2D eigenvalue weighted by Crippen LogP contribution is 2.12. The first-order valence-corrected chi connectivity index (χ1v) is 6.53. The minimum absolute atomic E-state index is 0.0200. The van der Waals surface area contributed by atoms with Crippen LogP contribution in [0.25, 0.3) is 11.0 Å². The van der Waals surface area contributed by atoms with E-state index >= 15 is 0 Å². The standard InChI is InChI=1S/C16H13NO4/c18-15(17-10-13-5-3-7-20-13)9-12-8-11-4-1-2-6-14(11)21-16(12)19/h1-8H,9-10H2,(H,17,18). The lowest BCUT2D eigenvalue weighted by atomic mass is 10.1. The quantitative estimate of drug-likeness (QED) is 0.745. The van der Waals surface area contributed by atoms with E-state index in [9.17, 15) is 9.59 Å². The molecule has 0 aliphatic heterocycles. The second-order valence-corrected chi connectivity index (χ2v) is 4.63. The monoisotopic (exact) mass is 283 g/mol. The Morgan fingerprint density at radius 1 is 1.14 bits per heavy atom. The molecule has 2 aromatic heterocycles. The van der Waals surface area contributed by atoms with Gasteiger partial charge in [-0.1, -0.05) is 18.2 Å². The van der Waals surface area contributed by atoms with Crippen LogP contribution in [0.1, 0.15) is 11.3 Å². The molecule has 0 aliphatic carbocycles. The second kappa shape index (κ2) is 5.66. The van der Waals surface area contributed by atoms with Crippen LogP contribution in [0.4, 0.5) is 0 Å². The Bertz CT molecular complexity index is 818. The number of carbonyl (C=O) groups is 1. The lowest BCUT2D eigenvalue weighted by Gasteiger charge is -2.04. The molecule has 2 heterocycles. The van der Waals surface area contributed by atoms with E-state index in [2.05, 4.69) is 5.32 Å². The number of hydrogen-bond donors (Lipinski definition) is 1. The van der Waals surface area contributed by atoms with Crippen molar-refractivity contribution >= 4 is 16.9 Å². The lowest BCUT2D eigenvalue weighted by molar-refractivity contribution is -0.120. The summed E-state index contributed by atoms with van der Waals surface area (Å²) in [7, 11) is 0. The molecule has 1 amide bonds. The minimum atomic E-state index is -0.484. The summed E-state index contributed by atoms with van der Waals surface area (Å²) in [6.45, 7) is 0.296. The van der Waals surface area contributed by atoms with Gasteiger partial charge in [-0.05, 0) is 24.3 Å². The van der Waals surface area contributed by atoms with E-state index in [1.165, 1.54) is 0 Å². The first-order chi connectivity index (χ1) is 10.2. The number of benzene rings is 1. The van der Waals surface area contributed by atoms with Gasteiger partial charge in [-0.25, -0.2) is 4.79 Å². The molecule has 0 radical (unpaired) electrons. The number of para-hydroxylation sites is 1. The van der Waals surface area contributed by atoms with Crippen molar-refractivity contribution in [2.45, 2.75) is 13.0 Å². The number of amides is 1. The molecular formula is C16H13NO4. The Morgan fingerprint density at radius 3 is 2.81 bits per heavy atom. The zero-order chi connectivity index (χ0) is 14.7. The van der Waals surface area contributed by atoms with E-state index in [4.69, 9.17) is 8.83 Å². The van der Waals surface area contributed by atoms with Gasteiger partial charge in [0.2, 0.25) is 5.91 Å². The van der Waals surface area contributed by atoms with Crippen LogP contribution in [-0.4, -0.2) is 5.91 Å². The van der Waals surface area contributed by atoms with Crippen molar-refractivity contribution in [3.63, 3.8) is 0 Å². The van der Waals surface area contributed by atoms with E-state index in [1.54, 1.807) is 36.6 Å². The third kappa shape index (κ3) is 3.02. The van der Waals surface area contributed by atoms with Crippen molar-refractivity contribution in [1.29, 1.82) is 0 Å². The van der Waals surface area contributed by atoms with Crippen molar-refractivity contribution < 1.29 is 13.6 Å². The zero-order valence-corrected chi connectivity index (χ0v) is 11.2. The minimum Gasteiger partial charge on any atom is -0.467 e. The number of nitrogens with one attached hydrogen (secondary N) is 1. The fourth-order valence-corrected chi connectivity index (χ4v) is 2.06. The first kappa shape index (κ1) is 13.2. The van der Waals surface area contributed by atoms with Crippen molar-refractivity contribution in [3.05, 3.63) is 70.5 Å². The maximum Gasteiger partial charge on any atom is 0.339 e. The molecule has 1 aromatic carbocycles. The molecule has 0 fully saturated rings. The summed E-state index contributed by atoms with van der Waals surface area (Å²) in [6.07, 6.45) is 1.52. The van der Waals surface area contributed by atoms with Crippen LogP contribution in [0, 0.1) is 0 Å². The summed E-state index contributed by atoms with van der Waals surface area (Å²) in [5.74, 6) is 0.405. The third-order valence-corrected chi connectivity index (χ3v) is 3.10. The Hall–Kier alpha value is -2.82. The average Bonchev–Trinajstić information content (AvgIpc) is 2.99. The molecule has 1 N–H and O–H groups in total. The Balaban J connectivity index is 1.73. The molecule has 3 rings (SSSR count). The van der Waals surface area contributed by atoms with Gasteiger partial charge in [0.25, 0.3) is 0 Å². The van der Waals surface area contributed by atoms with Crippen LogP contribution in [0.3, 0.4) is 0 Å². The van der Waals surface area contributed by atoms with Crippen LogP contribution < -0.4 is 10.9 Å². The van der Waals surface area contributed by atoms with Gasteiger partial charge in [-0.3, -0.25) is 4.79 Å². The van der Waals surface area contributed by atoms with Gasteiger partial charge < -0.3 is 14.2 Å². The molecular weight excluding hydrogens is 270 g/mol. The molecule has 0 atom stereocenters. The molecule has 106 valence electrons. The van der Waals surface area contributed by atoms with E-state index in [0.29, 0.717) is 23.5 Å². The molecule has 0 bridgehead atoms. The molecule has 0 saturated carbocycles. The normalized spacial score (nSPS) is 10.7. The fourth-order valence-electron chi connectivity index (χ4n) is 2.06. The predicted molar refractivity (Wildman–Crippen MR) is 76.7 cm³/mol. The summed E-state index contributed by atoms with van der Waals surface area (Å²) in [5.41, 5.74) is 0.370. The zero-order valence-electron chi connectivity index (χ0n) is 11.2. The van der Waals surface area contributed by atoms with Crippen LogP contribution in [0.5, 0.6) is 0 Å². The van der Waals surface area contributed by atoms with E-state index < -0.39 is 5.63 Å². The number of hydrogen-bond acceptors (Lipinski definition) is 4. The van der Waals surface area contributed by atoms with Gasteiger partial charge >= 0.3 is 5.63 Å². The first-order valence-electron chi connectivity index (χ1n) is 6.53. The van der Waals surface area contributed by atoms with Gasteiger partial charge in [0.15, 0.2) is 0 Å². The van der Waals surface area contributed by atoms with Crippen LogP contribution >= 0.6 is 0 Å². The third-order valence-electron chi connectivity index (χ3n) is 3.10. The number of fused-ring (bicyclic) bond motifs is 1. The van der Waals surface area contributed by atoms with Gasteiger partial charge in [-0.2, -0.15) is 0 Å². The smallest absolute Gasteiger partial charge is 0.339 e. The van der Waals surface area contributed by atoms with Crippen LogP contribution in [-0.2, 0) is 17.8 Å². The van der Waals surface area contributed by atoms with E-state index in [0.717, 1.165) is 5.39 Å². The molecule has 5 nitrogen and oxygen atoms in total. The molecule has 0 unspecified atom stereocenters. The summed E-state index contributed by atoms with van der Waals surface area (Å²) < 4.78 is 10.3. The summed E-state index contributed by atoms with van der Waals surface area (Å²) in [6, 6.07) is 12.4. The predicted octanol–water partition coefficient (Wildman–Crippen LogP) is 2.24. The highest BCUT2D eigenvalue weighted by molar-refractivity contribution is 5.81. The van der Waals surface area contributed by atoms with Crippen molar-refractivity contribution in [1.82, 2.24) is 5.32 Å². The topological polar surface area (TPSA) is 72.5 Å². The highest BCUT2D eigenvalue weighted by Gasteiger charge is 2.10. The largest absolute Gasteiger partial charge is 0.467 e. The Morgan fingerprint density at radius 2 is 2.00 bits per heavy atom. The summed E-state index contributed by atoms with van der Waals surface area (Å²) >= 11 is 0. The van der Waals surface area contributed by atoms with Crippen molar-refractivity contribution in [3.8, 4) is 0 Å². The van der Waals surface area contributed by atoms with Gasteiger partial charge in [-0.15, -0.1) is 0 Å². The molecule has 0 aliphatic rings. The Kier molecular flexibility index (Phi) is 3.55. The lowest BCUT2D eigenvalue weighted by Crippen LogP contribution is -2.26. The van der Waals surface area contributed by atoms with E-state index in [-0.39, 0.29) is 12.3 Å². The SMILES string of the molecule is O=C(Cc1cc2ccccc2oc1=O)NCc1ccco1. The van der Waals surface area contributed by atoms with Gasteiger partial charge in [0.05, 0.1) is 19.2 Å². The van der Waals surface area contributed by atoms with Gasteiger partial charge in [0, 0.05) is 10.9 Å². The van der Waals surface area contributed by atoms with Crippen LogP contribution in [0.15, 0.2) is 62.4 Å². The van der Waals surface area contributed by atoms with E-state index in [1.807, 2.05) is 12.1 Å². The number of rotatable bonds is 4. The molecule has 0 spiro atoms.